The van der Waals surface area contributed by atoms with Crippen molar-refractivity contribution in [3.63, 3.8) is 0 Å². The summed E-state index contributed by atoms with van der Waals surface area (Å²) in [6, 6.07) is 0. The van der Waals surface area contributed by atoms with Gasteiger partial charge in [-0.25, -0.2) is 14.8 Å². The first-order valence-electron chi connectivity index (χ1n) is 6.84. The van der Waals surface area contributed by atoms with Crippen LogP contribution in [0, 0.1) is 0 Å². The fourth-order valence-electron chi connectivity index (χ4n) is 2.79. The van der Waals surface area contributed by atoms with Crippen molar-refractivity contribution in [3.05, 3.63) is 17.1 Å². The summed E-state index contributed by atoms with van der Waals surface area (Å²) < 4.78 is 0. The summed E-state index contributed by atoms with van der Waals surface area (Å²) in [6.07, 6.45) is 4.32. The summed E-state index contributed by atoms with van der Waals surface area (Å²) in [4.78, 5) is 21.8. The molecule has 3 rings (SSSR count). The van der Waals surface area contributed by atoms with Gasteiger partial charge in [-0.2, -0.15) is 0 Å². The van der Waals surface area contributed by atoms with Crippen LogP contribution < -0.4 is 10.2 Å². The van der Waals surface area contributed by atoms with Gasteiger partial charge in [0.25, 0.3) is 0 Å². The number of carbonyl (C=O) groups is 1. The summed E-state index contributed by atoms with van der Waals surface area (Å²) in [7, 11) is 0. The Kier molecular flexibility index (Phi) is 3.33. The quantitative estimate of drug-likeness (QED) is 0.821. The van der Waals surface area contributed by atoms with Crippen molar-refractivity contribution in [2.75, 3.05) is 24.5 Å². The van der Waals surface area contributed by atoms with Crippen LogP contribution in [0.5, 0.6) is 0 Å². The van der Waals surface area contributed by atoms with Crippen LogP contribution in [-0.2, 0) is 13.0 Å². The predicted octanol–water partition coefficient (Wildman–Crippen LogP) is 0.811. The number of aromatic nitrogens is 2. The number of rotatable bonds is 2. The number of anilines is 1. The van der Waals surface area contributed by atoms with Crippen LogP contribution >= 0.6 is 0 Å². The van der Waals surface area contributed by atoms with Crippen LogP contribution in [-0.4, -0.2) is 40.7 Å². The van der Waals surface area contributed by atoms with Crippen LogP contribution in [0.15, 0.2) is 0 Å². The summed E-state index contributed by atoms with van der Waals surface area (Å²) in [5, 5.41) is 12.5. The van der Waals surface area contributed by atoms with Gasteiger partial charge in [-0.1, -0.05) is 0 Å². The lowest BCUT2D eigenvalue weighted by Gasteiger charge is -2.31. The molecule has 0 unspecified atom stereocenters. The minimum absolute atomic E-state index is 0.0683. The van der Waals surface area contributed by atoms with Gasteiger partial charge in [0.2, 0.25) is 5.82 Å². The van der Waals surface area contributed by atoms with Crippen molar-refractivity contribution in [3.8, 4) is 0 Å². The van der Waals surface area contributed by atoms with Crippen molar-refractivity contribution in [2.45, 2.75) is 32.2 Å². The zero-order chi connectivity index (χ0) is 13.2. The number of nitrogens with zero attached hydrogens (tertiary/aromatic N) is 3. The van der Waals surface area contributed by atoms with Gasteiger partial charge in [-0.05, 0) is 19.3 Å². The van der Waals surface area contributed by atoms with Crippen LogP contribution in [0.2, 0.25) is 0 Å². The van der Waals surface area contributed by atoms with E-state index in [2.05, 4.69) is 20.2 Å². The second-order valence-corrected chi connectivity index (χ2v) is 5.08. The molecule has 0 spiro atoms. The number of hydrogen-bond donors (Lipinski definition) is 2. The molecule has 1 fully saturated rings. The number of nitrogens with one attached hydrogen (secondary N) is 1. The zero-order valence-corrected chi connectivity index (χ0v) is 10.9. The van der Waals surface area contributed by atoms with Crippen molar-refractivity contribution in [2.24, 2.45) is 0 Å². The summed E-state index contributed by atoms with van der Waals surface area (Å²) in [5.74, 6) is -0.282. The number of fused-ring (bicyclic) bond motifs is 1. The second-order valence-electron chi connectivity index (χ2n) is 5.08. The Hall–Kier alpha value is -1.69. The molecule has 0 atom stereocenters. The van der Waals surface area contributed by atoms with Crippen molar-refractivity contribution in [1.29, 1.82) is 0 Å². The van der Waals surface area contributed by atoms with E-state index in [0.717, 1.165) is 62.5 Å². The number of aromatic carboxylic acids is 1. The van der Waals surface area contributed by atoms with E-state index >= 15 is 0 Å². The molecule has 1 aromatic rings. The molecule has 0 aliphatic carbocycles. The molecule has 0 amide bonds. The highest BCUT2D eigenvalue weighted by Crippen LogP contribution is 2.26. The van der Waals surface area contributed by atoms with E-state index in [4.69, 9.17) is 5.11 Å². The van der Waals surface area contributed by atoms with E-state index in [-0.39, 0.29) is 5.82 Å². The Balaban J connectivity index is 2.04. The molecule has 19 heavy (non-hydrogen) atoms. The number of piperidine rings is 1. The van der Waals surface area contributed by atoms with E-state index in [9.17, 15) is 4.79 Å². The molecule has 2 aliphatic heterocycles. The van der Waals surface area contributed by atoms with Gasteiger partial charge < -0.3 is 15.3 Å². The molecule has 0 saturated carbocycles. The normalized spacial score (nSPS) is 19.1. The Morgan fingerprint density at radius 2 is 2.00 bits per heavy atom. The second kappa shape index (κ2) is 5.13. The van der Waals surface area contributed by atoms with E-state index < -0.39 is 5.97 Å². The molecule has 3 heterocycles. The predicted molar refractivity (Wildman–Crippen MR) is 70.5 cm³/mol. The lowest BCUT2D eigenvalue weighted by Crippen LogP contribution is -2.35. The Morgan fingerprint density at radius 3 is 2.74 bits per heavy atom. The van der Waals surface area contributed by atoms with Crippen molar-refractivity contribution < 1.29 is 9.90 Å². The van der Waals surface area contributed by atoms with Gasteiger partial charge in [0, 0.05) is 38.2 Å². The lowest BCUT2D eigenvalue weighted by molar-refractivity contribution is 0.0683. The maximum atomic E-state index is 11.2. The molecule has 2 N–H and O–H groups in total. The van der Waals surface area contributed by atoms with Gasteiger partial charge in [-0.15, -0.1) is 0 Å². The smallest absolute Gasteiger partial charge is 0.374 e. The van der Waals surface area contributed by atoms with E-state index in [1.54, 1.807) is 0 Å². The van der Waals surface area contributed by atoms with Gasteiger partial charge >= 0.3 is 5.97 Å². The molecule has 0 aromatic carbocycles. The summed E-state index contributed by atoms with van der Waals surface area (Å²) in [6.45, 7) is 3.51. The molecule has 1 aromatic heterocycles. The lowest BCUT2D eigenvalue weighted by atomic mass is 10.1. The molecular weight excluding hydrogens is 244 g/mol. The van der Waals surface area contributed by atoms with E-state index in [1.807, 2.05) is 0 Å². The first-order valence-corrected chi connectivity index (χ1v) is 6.84. The molecule has 6 nitrogen and oxygen atoms in total. The highest BCUT2D eigenvalue weighted by molar-refractivity contribution is 5.84. The van der Waals surface area contributed by atoms with Crippen molar-refractivity contribution >= 4 is 11.8 Å². The number of carboxylic acid groups (broad SMARTS) is 1. The SMILES string of the molecule is O=C(O)c1nc2c(c(N3CCCCC3)n1)CNCC2. The monoisotopic (exact) mass is 262 g/mol. The van der Waals surface area contributed by atoms with Gasteiger partial charge in [0.05, 0.1) is 5.69 Å². The summed E-state index contributed by atoms with van der Waals surface area (Å²) in [5.41, 5.74) is 1.98. The Labute approximate surface area is 111 Å². The third kappa shape index (κ3) is 2.40. The molecule has 1 saturated heterocycles. The number of hydrogen-bond acceptors (Lipinski definition) is 5. The average Bonchev–Trinajstić information content (AvgIpc) is 2.47. The zero-order valence-electron chi connectivity index (χ0n) is 10.9. The molecular formula is C13H18N4O2. The highest BCUT2D eigenvalue weighted by Gasteiger charge is 2.24. The van der Waals surface area contributed by atoms with Crippen LogP contribution in [0.4, 0.5) is 5.82 Å². The van der Waals surface area contributed by atoms with Gasteiger partial charge in [0.15, 0.2) is 0 Å². The largest absolute Gasteiger partial charge is 0.475 e. The Bertz CT molecular complexity index is 498. The van der Waals surface area contributed by atoms with Gasteiger partial charge in [-0.3, -0.25) is 0 Å². The van der Waals surface area contributed by atoms with E-state index in [1.165, 1.54) is 6.42 Å². The molecule has 0 bridgehead atoms. The van der Waals surface area contributed by atoms with Crippen LogP contribution in [0.3, 0.4) is 0 Å². The first-order chi connectivity index (χ1) is 9.25. The summed E-state index contributed by atoms with van der Waals surface area (Å²) >= 11 is 0. The molecule has 6 heteroatoms. The standard InChI is InChI=1S/C13H18N4O2/c18-13(19)11-15-10-4-5-14-8-9(10)12(16-11)17-6-2-1-3-7-17/h14H,1-8H2,(H,18,19). The Morgan fingerprint density at radius 1 is 1.21 bits per heavy atom. The third-order valence-corrected chi connectivity index (χ3v) is 3.76. The highest BCUT2D eigenvalue weighted by atomic mass is 16.4. The van der Waals surface area contributed by atoms with Crippen LogP contribution in [0.25, 0.3) is 0 Å². The van der Waals surface area contributed by atoms with Crippen LogP contribution in [0.1, 0.15) is 41.1 Å². The average molecular weight is 262 g/mol. The van der Waals surface area contributed by atoms with Crippen molar-refractivity contribution in [1.82, 2.24) is 15.3 Å². The molecule has 2 aliphatic rings. The first kappa shape index (κ1) is 12.3. The number of carboxylic acids is 1. The fourth-order valence-corrected chi connectivity index (χ4v) is 2.79. The van der Waals surface area contributed by atoms with E-state index in [0.29, 0.717) is 0 Å². The molecule has 102 valence electrons. The minimum Gasteiger partial charge on any atom is -0.475 e. The van der Waals surface area contributed by atoms with Gasteiger partial charge in [0.1, 0.15) is 5.82 Å². The topological polar surface area (TPSA) is 78.3 Å². The molecule has 0 radical (unpaired) electrons. The third-order valence-electron chi connectivity index (χ3n) is 3.76. The minimum atomic E-state index is -1.04. The maximum absolute atomic E-state index is 11.2. The fraction of sp³-hybridized carbons (Fsp3) is 0.615. The maximum Gasteiger partial charge on any atom is 0.374 e.